The molecular formula is C27H31F3N4O5. The number of amides is 3. The summed E-state index contributed by atoms with van der Waals surface area (Å²) >= 11 is 0. The van der Waals surface area contributed by atoms with Crippen molar-refractivity contribution in [1.82, 2.24) is 10.2 Å². The summed E-state index contributed by atoms with van der Waals surface area (Å²) in [4.78, 5) is 41.0. The monoisotopic (exact) mass is 548 g/mol. The molecule has 2 aliphatic rings. The standard InChI is InChI=1S/C27H31F3N4O5/c1-17-12-32(13-18(2)34(17)24(35)16-38-15-19-6-4-3-5-7-19)23-9-8-20(10-22(23)28)33-14-21(39-27(33)37)11-31-26(36)25(29)30/h3-10,17-18,21,25H,11-16H2,1-2H3,(H,31,36). The minimum Gasteiger partial charge on any atom is -0.442 e. The van der Waals surface area contributed by atoms with Crippen molar-refractivity contribution in [3.63, 3.8) is 0 Å². The fourth-order valence-electron chi connectivity index (χ4n) is 4.97. The van der Waals surface area contributed by atoms with Crippen molar-refractivity contribution in [2.45, 2.75) is 45.1 Å². The summed E-state index contributed by atoms with van der Waals surface area (Å²) in [7, 11) is 0. The maximum atomic E-state index is 15.2. The molecule has 12 heteroatoms. The van der Waals surface area contributed by atoms with Crippen molar-refractivity contribution in [2.24, 2.45) is 0 Å². The number of anilines is 2. The van der Waals surface area contributed by atoms with Crippen LogP contribution in [0.1, 0.15) is 19.4 Å². The Morgan fingerprint density at radius 1 is 1.08 bits per heavy atom. The van der Waals surface area contributed by atoms with Crippen LogP contribution in [0, 0.1) is 5.82 Å². The van der Waals surface area contributed by atoms with Gasteiger partial charge in [0.25, 0.3) is 5.91 Å². The van der Waals surface area contributed by atoms with Crippen LogP contribution in [-0.2, 0) is 25.7 Å². The molecule has 0 aliphatic carbocycles. The Labute approximate surface area is 224 Å². The molecule has 2 aliphatic heterocycles. The van der Waals surface area contributed by atoms with Crippen LogP contribution >= 0.6 is 0 Å². The summed E-state index contributed by atoms with van der Waals surface area (Å²) in [6, 6.07) is 13.5. The van der Waals surface area contributed by atoms with Crippen molar-refractivity contribution < 1.29 is 37.0 Å². The summed E-state index contributed by atoms with van der Waals surface area (Å²) in [5.74, 6) is -2.14. The molecule has 3 atom stereocenters. The van der Waals surface area contributed by atoms with Gasteiger partial charge in [-0.05, 0) is 37.6 Å². The number of hydrogen-bond donors (Lipinski definition) is 1. The number of benzene rings is 2. The van der Waals surface area contributed by atoms with Gasteiger partial charge in [-0.2, -0.15) is 8.78 Å². The Balaban J connectivity index is 1.33. The van der Waals surface area contributed by atoms with E-state index >= 15 is 4.39 Å². The zero-order valence-corrected chi connectivity index (χ0v) is 21.7. The zero-order valence-electron chi connectivity index (χ0n) is 21.7. The van der Waals surface area contributed by atoms with Gasteiger partial charge < -0.3 is 24.6 Å². The average molecular weight is 549 g/mol. The summed E-state index contributed by atoms with van der Waals surface area (Å²) < 4.78 is 50.7. The van der Waals surface area contributed by atoms with Gasteiger partial charge in [0.05, 0.1) is 31.1 Å². The first-order chi connectivity index (χ1) is 18.6. The van der Waals surface area contributed by atoms with Gasteiger partial charge in [0.15, 0.2) is 0 Å². The predicted octanol–water partition coefficient (Wildman–Crippen LogP) is 3.17. The molecule has 0 radical (unpaired) electrons. The van der Waals surface area contributed by atoms with Crippen LogP contribution in [0.5, 0.6) is 0 Å². The summed E-state index contributed by atoms with van der Waals surface area (Å²) in [5.41, 5.74) is 1.55. The topological polar surface area (TPSA) is 91.4 Å². The van der Waals surface area contributed by atoms with Crippen LogP contribution in [0.15, 0.2) is 48.5 Å². The number of halogens is 3. The Kier molecular flexibility index (Phi) is 8.95. The molecule has 2 heterocycles. The molecule has 0 aromatic heterocycles. The van der Waals surface area contributed by atoms with Gasteiger partial charge in [0, 0.05) is 25.2 Å². The summed E-state index contributed by atoms with van der Waals surface area (Å²) in [5, 5.41) is 2.01. The number of piperazine rings is 1. The highest BCUT2D eigenvalue weighted by Crippen LogP contribution is 2.30. The van der Waals surface area contributed by atoms with Gasteiger partial charge in [-0.15, -0.1) is 0 Å². The van der Waals surface area contributed by atoms with Crippen LogP contribution in [0.2, 0.25) is 0 Å². The molecule has 3 amide bonds. The number of cyclic esters (lactones) is 1. The fourth-order valence-corrected chi connectivity index (χ4v) is 4.97. The highest BCUT2D eigenvalue weighted by atomic mass is 19.3. The van der Waals surface area contributed by atoms with Gasteiger partial charge in [0.1, 0.15) is 18.5 Å². The van der Waals surface area contributed by atoms with E-state index in [1.807, 2.05) is 54.4 Å². The van der Waals surface area contributed by atoms with Gasteiger partial charge >= 0.3 is 12.5 Å². The van der Waals surface area contributed by atoms with E-state index in [9.17, 15) is 23.2 Å². The quantitative estimate of drug-likeness (QED) is 0.518. The average Bonchev–Trinajstić information content (AvgIpc) is 3.27. The van der Waals surface area contributed by atoms with Gasteiger partial charge in [-0.25, -0.2) is 9.18 Å². The molecular weight excluding hydrogens is 517 g/mol. The number of carbonyl (C=O) groups excluding carboxylic acids is 3. The first kappa shape index (κ1) is 28.2. The number of alkyl halides is 2. The first-order valence-corrected chi connectivity index (χ1v) is 12.7. The lowest BCUT2D eigenvalue weighted by atomic mass is 10.1. The third-order valence-electron chi connectivity index (χ3n) is 6.70. The Morgan fingerprint density at radius 2 is 1.77 bits per heavy atom. The second-order valence-electron chi connectivity index (χ2n) is 9.68. The van der Waals surface area contributed by atoms with E-state index in [0.29, 0.717) is 25.4 Å². The van der Waals surface area contributed by atoms with Crippen LogP contribution in [0.3, 0.4) is 0 Å². The van der Waals surface area contributed by atoms with E-state index in [0.717, 1.165) is 5.56 Å². The van der Waals surface area contributed by atoms with Gasteiger partial charge in [0.2, 0.25) is 5.91 Å². The molecule has 9 nitrogen and oxygen atoms in total. The molecule has 1 N–H and O–H groups in total. The minimum atomic E-state index is -3.17. The number of ether oxygens (including phenoxy) is 2. The SMILES string of the molecule is CC1CN(c2ccc(N3CC(CNC(=O)C(F)F)OC3=O)cc2F)CC(C)N1C(=O)COCc1ccccc1. The maximum Gasteiger partial charge on any atom is 0.414 e. The van der Waals surface area contributed by atoms with Crippen molar-refractivity contribution in [1.29, 1.82) is 0 Å². The normalized spacial score (nSPS) is 21.3. The predicted molar refractivity (Wildman–Crippen MR) is 137 cm³/mol. The van der Waals surface area contributed by atoms with Gasteiger partial charge in [-0.3, -0.25) is 14.5 Å². The molecule has 2 aromatic rings. The van der Waals surface area contributed by atoms with E-state index < -0.39 is 30.3 Å². The zero-order chi connectivity index (χ0) is 28.1. The second kappa shape index (κ2) is 12.4. The van der Waals surface area contributed by atoms with Crippen LogP contribution in [-0.4, -0.2) is 80.2 Å². The van der Waals surface area contributed by atoms with Crippen LogP contribution in [0.25, 0.3) is 0 Å². The summed E-state index contributed by atoms with van der Waals surface area (Å²) in [6.45, 7) is 4.60. The van der Waals surface area contributed by atoms with E-state index in [2.05, 4.69) is 0 Å². The molecule has 2 fully saturated rings. The maximum absolute atomic E-state index is 15.2. The highest BCUT2D eigenvalue weighted by Gasteiger charge is 2.36. The molecule has 4 rings (SSSR count). The lowest BCUT2D eigenvalue weighted by Crippen LogP contribution is -2.59. The molecule has 2 aromatic carbocycles. The molecule has 210 valence electrons. The third-order valence-corrected chi connectivity index (χ3v) is 6.70. The molecule has 0 saturated carbocycles. The minimum absolute atomic E-state index is 0.0255. The number of nitrogens with one attached hydrogen (secondary N) is 1. The fraction of sp³-hybridized carbons (Fsp3) is 0.444. The van der Waals surface area contributed by atoms with Crippen molar-refractivity contribution in [3.05, 3.63) is 59.9 Å². The lowest BCUT2D eigenvalue weighted by molar-refractivity contribution is -0.141. The third kappa shape index (κ3) is 6.80. The number of nitrogens with zero attached hydrogens (tertiary/aromatic N) is 3. The van der Waals surface area contributed by atoms with E-state index in [1.165, 1.54) is 11.0 Å². The molecule has 0 spiro atoms. The lowest BCUT2D eigenvalue weighted by Gasteiger charge is -2.45. The van der Waals surface area contributed by atoms with E-state index in [4.69, 9.17) is 9.47 Å². The Morgan fingerprint density at radius 3 is 2.41 bits per heavy atom. The number of hydrogen-bond acceptors (Lipinski definition) is 6. The Bertz CT molecular complexity index is 1170. The first-order valence-electron chi connectivity index (χ1n) is 12.7. The summed E-state index contributed by atoms with van der Waals surface area (Å²) in [6.07, 6.45) is -4.77. The van der Waals surface area contributed by atoms with Crippen LogP contribution < -0.4 is 15.1 Å². The molecule has 39 heavy (non-hydrogen) atoms. The van der Waals surface area contributed by atoms with Crippen LogP contribution in [0.4, 0.5) is 29.3 Å². The molecule has 0 bridgehead atoms. The molecule has 2 saturated heterocycles. The second-order valence-corrected chi connectivity index (χ2v) is 9.68. The highest BCUT2D eigenvalue weighted by molar-refractivity contribution is 5.90. The number of carbonyl (C=O) groups is 3. The van der Waals surface area contributed by atoms with Gasteiger partial charge in [-0.1, -0.05) is 30.3 Å². The largest absolute Gasteiger partial charge is 0.442 e. The van der Waals surface area contributed by atoms with E-state index in [1.54, 1.807) is 17.0 Å². The Hall–Kier alpha value is -3.80. The van der Waals surface area contributed by atoms with E-state index in [-0.39, 0.29) is 43.4 Å². The van der Waals surface area contributed by atoms with Crippen molar-refractivity contribution >= 4 is 29.3 Å². The smallest absolute Gasteiger partial charge is 0.414 e. The van der Waals surface area contributed by atoms with Crippen molar-refractivity contribution in [2.75, 3.05) is 42.6 Å². The van der Waals surface area contributed by atoms with Crippen molar-refractivity contribution in [3.8, 4) is 0 Å². The number of rotatable bonds is 9. The molecule has 3 unspecified atom stereocenters.